The van der Waals surface area contributed by atoms with Gasteiger partial charge in [0.1, 0.15) is 0 Å². The topological polar surface area (TPSA) is 52.0 Å². The van der Waals surface area contributed by atoms with E-state index in [1.807, 2.05) is 0 Å². The van der Waals surface area contributed by atoms with Crippen LogP contribution in [0.3, 0.4) is 0 Å². The van der Waals surface area contributed by atoms with Crippen LogP contribution in [-0.4, -0.2) is 12.1 Å². The van der Waals surface area contributed by atoms with Crippen LogP contribution in [0.2, 0.25) is 0 Å². The van der Waals surface area contributed by atoms with Gasteiger partial charge in [0, 0.05) is 12.1 Å². The summed E-state index contributed by atoms with van der Waals surface area (Å²) in [7, 11) is 0. The minimum Gasteiger partial charge on any atom is -0.327 e. The number of hydrogen-bond acceptors (Lipinski definition) is 2. The lowest BCUT2D eigenvalue weighted by Crippen LogP contribution is -2.50. The maximum absolute atomic E-state index is 5.93. The Hall–Kier alpha value is -0.0800. The second kappa shape index (κ2) is 2.21. The van der Waals surface area contributed by atoms with Gasteiger partial charge >= 0.3 is 0 Å². The first-order valence-corrected chi connectivity index (χ1v) is 4.28. The molecule has 0 aliphatic heterocycles. The summed E-state index contributed by atoms with van der Waals surface area (Å²) in [6.45, 7) is 0. The summed E-state index contributed by atoms with van der Waals surface area (Å²) in [6, 6.07) is 0.942. The zero-order chi connectivity index (χ0) is 7.14. The smallest absolute Gasteiger partial charge is 0.00709 e. The first kappa shape index (κ1) is 6.62. The molecule has 3 saturated carbocycles. The second-order valence-corrected chi connectivity index (χ2v) is 3.90. The highest BCUT2D eigenvalue weighted by Crippen LogP contribution is 2.39. The minimum atomic E-state index is 0.471. The van der Waals surface area contributed by atoms with E-state index in [2.05, 4.69) is 0 Å². The third kappa shape index (κ3) is 0.867. The highest BCUT2D eigenvalue weighted by Gasteiger charge is 2.38. The molecule has 10 heavy (non-hydrogen) atoms. The normalized spacial score (nSPS) is 53.4. The first-order valence-electron chi connectivity index (χ1n) is 4.28. The van der Waals surface area contributed by atoms with Gasteiger partial charge in [0.15, 0.2) is 0 Å². The van der Waals surface area contributed by atoms with Gasteiger partial charge in [-0.2, -0.15) is 0 Å². The third-order valence-corrected chi connectivity index (χ3v) is 3.27. The predicted octanol–water partition coefficient (Wildman–Crippen LogP) is 0.461. The molecule has 2 bridgehead atoms. The Kier molecular flexibility index (Phi) is 1.46. The molecular weight excluding hydrogens is 124 g/mol. The van der Waals surface area contributed by atoms with Gasteiger partial charge in [-0.1, -0.05) is 0 Å². The average Bonchev–Trinajstić information content (AvgIpc) is 1.91. The molecule has 0 spiro atoms. The van der Waals surface area contributed by atoms with Gasteiger partial charge in [0.25, 0.3) is 0 Å². The van der Waals surface area contributed by atoms with E-state index in [1.165, 1.54) is 25.7 Å². The van der Waals surface area contributed by atoms with E-state index in [0.29, 0.717) is 12.1 Å². The zero-order valence-corrected chi connectivity index (χ0v) is 6.29. The summed E-state index contributed by atoms with van der Waals surface area (Å²) in [4.78, 5) is 0. The van der Waals surface area contributed by atoms with Crippen molar-refractivity contribution in [2.75, 3.05) is 0 Å². The van der Waals surface area contributed by atoms with Crippen LogP contribution >= 0.6 is 0 Å². The fourth-order valence-corrected chi connectivity index (χ4v) is 2.53. The van der Waals surface area contributed by atoms with Crippen molar-refractivity contribution in [3.8, 4) is 0 Å². The molecule has 0 heterocycles. The monoisotopic (exact) mass is 140 g/mol. The van der Waals surface area contributed by atoms with Crippen LogP contribution in [0, 0.1) is 11.8 Å². The number of hydrogen-bond donors (Lipinski definition) is 2. The second-order valence-electron chi connectivity index (χ2n) is 3.90. The van der Waals surface area contributed by atoms with E-state index < -0.39 is 0 Å². The summed E-state index contributed by atoms with van der Waals surface area (Å²) in [5.41, 5.74) is 11.9. The molecule has 0 aromatic carbocycles. The van der Waals surface area contributed by atoms with Crippen molar-refractivity contribution in [1.82, 2.24) is 0 Å². The van der Waals surface area contributed by atoms with Crippen molar-refractivity contribution in [3.63, 3.8) is 0 Å². The van der Waals surface area contributed by atoms with Gasteiger partial charge in [-0.05, 0) is 37.5 Å². The minimum absolute atomic E-state index is 0.471. The molecule has 3 aliphatic rings. The van der Waals surface area contributed by atoms with Crippen LogP contribution in [0.15, 0.2) is 0 Å². The molecule has 4 atom stereocenters. The van der Waals surface area contributed by atoms with Crippen molar-refractivity contribution in [2.45, 2.75) is 37.8 Å². The van der Waals surface area contributed by atoms with Gasteiger partial charge in [0.2, 0.25) is 0 Å². The summed E-state index contributed by atoms with van der Waals surface area (Å²) in [5, 5.41) is 0. The van der Waals surface area contributed by atoms with E-state index in [0.717, 1.165) is 11.8 Å². The predicted molar refractivity (Wildman–Crippen MR) is 41.4 cm³/mol. The molecule has 4 N–H and O–H groups in total. The van der Waals surface area contributed by atoms with E-state index in [-0.39, 0.29) is 0 Å². The Balaban J connectivity index is 2.09. The van der Waals surface area contributed by atoms with E-state index in [1.54, 1.807) is 0 Å². The van der Waals surface area contributed by atoms with Gasteiger partial charge < -0.3 is 11.5 Å². The molecule has 3 rings (SSSR count). The molecule has 2 heteroatoms. The Bertz CT molecular complexity index is 119. The maximum atomic E-state index is 5.93. The molecule has 0 saturated heterocycles. The lowest BCUT2D eigenvalue weighted by molar-refractivity contribution is 0.122. The van der Waals surface area contributed by atoms with Crippen LogP contribution in [0.4, 0.5) is 0 Å². The first-order chi connectivity index (χ1) is 4.77. The Morgan fingerprint density at radius 3 is 1.40 bits per heavy atom. The molecule has 3 fully saturated rings. The third-order valence-electron chi connectivity index (χ3n) is 3.27. The van der Waals surface area contributed by atoms with Crippen molar-refractivity contribution < 1.29 is 0 Å². The molecule has 1 unspecified atom stereocenters. The van der Waals surface area contributed by atoms with Crippen LogP contribution in [0.25, 0.3) is 0 Å². The molecule has 0 aromatic heterocycles. The van der Waals surface area contributed by atoms with Crippen LogP contribution < -0.4 is 11.5 Å². The molecule has 0 aromatic rings. The Morgan fingerprint density at radius 2 is 1.20 bits per heavy atom. The molecule has 0 amide bonds. The fourth-order valence-electron chi connectivity index (χ4n) is 2.53. The van der Waals surface area contributed by atoms with Gasteiger partial charge in [-0.3, -0.25) is 0 Å². The Labute approximate surface area is 62.0 Å². The average molecular weight is 140 g/mol. The lowest BCUT2D eigenvalue weighted by Gasteiger charge is -2.44. The van der Waals surface area contributed by atoms with Crippen LogP contribution in [0.5, 0.6) is 0 Å². The molecular formula is C8H16N2. The summed E-state index contributed by atoms with van der Waals surface area (Å²) < 4.78 is 0. The maximum Gasteiger partial charge on any atom is 0.00709 e. The highest BCUT2D eigenvalue weighted by molar-refractivity contribution is 4.94. The van der Waals surface area contributed by atoms with Crippen molar-refractivity contribution in [1.29, 1.82) is 0 Å². The number of fused-ring (bicyclic) bond motifs is 3. The van der Waals surface area contributed by atoms with E-state index in [4.69, 9.17) is 11.5 Å². The van der Waals surface area contributed by atoms with Gasteiger partial charge in [0.05, 0.1) is 0 Å². The molecule has 3 aliphatic carbocycles. The largest absolute Gasteiger partial charge is 0.327 e. The lowest BCUT2D eigenvalue weighted by atomic mass is 9.66. The molecule has 58 valence electrons. The summed E-state index contributed by atoms with van der Waals surface area (Å²) in [6.07, 6.45) is 5.04. The van der Waals surface area contributed by atoms with Gasteiger partial charge in [-0.15, -0.1) is 0 Å². The highest BCUT2D eigenvalue weighted by atomic mass is 14.8. The SMILES string of the molecule is NC1C[C@H]2CC[C@@H]1C[C@@H]2N. The van der Waals surface area contributed by atoms with Gasteiger partial charge in [-0.25, -0.2) is 0 Å². The Morgan fingerprint density at radius 1 is 0.800 bits per heavy atom. The number of rotatable bonds is 0. The van der Waals surface area contributed by atoms with Crippen molar-refractivity contribution in [2.24, 2.45) is 23.3 Å². The summed E-state index contributed by atoms with van der Waals surface area (Å²) >= 11 is 0. The van der Waals surface area contributed by atoms with Crippen molar-refractivity contribution >= 4 is 0 Å². The van der Waals surface area contributed by atoms with Crippen LogP contribution in [-0.2, 0) is 0 Å². The fraction of sp³-hybridized carbons (Fsp3) is 1.00. The van der Waals surface area contributed by atoms with Crippen molar-refractivity contribution in [3.05, 3.63) is 0 Å². The standard InChI is InChI=1S/C8H16N2/c9-7-4-6-2-1-5(7)3-8(6)10/h5-8H,1-4,9-10H2/t5-,6-,7+,8?/m1/s1. The molecule has 2 nitrogen and oxygen atoms in total. The number of nitrogens with two attached hydrogens (primary N) is 2. The summed E-state index contributed by atoms with van der Waals surface area (Å²) in [5.74, 6) is 1.50. The quantitative estimate of drug-likeness (QED) is 0.513. The molecule has 0 radical (unpaired) electrons. The zero-order valence-electron chi connectivity index (χ0n) is 6.29. The van der Waals surface area contributed by atoms with Crippen LogP contribution in [0.1, 0.15) is 25.7 Å². The van der Waals surface area contributed by atoms with E-state index in [9.17, 15) is 0 Å². The van der Waals surface area contributed by atoms with E-state index >= 15 is 0 Å².